The van der Waals surface area contributed by atoms with Crippen molar-refractivity contribution in [3.8, 4) is 0 Å². The summed E-state index contributed by atoms with van der Waals surface area (Å²) in [4.78, 5) is 0. The summed E-state index contributed by atoms with van der Waals surface area (Å²) < 4.78 is 29.2. The lowest BCUT2D eigenvalue weighted by atomic mass is 10.3. The lowest BCUT2D eigenvalue weighted by Gasteiger charge is -2.47. The number of ether oxygens (including phenoxy) is 4. The Labute approximate surface area is 125 Å². The Morgan fingerprint density at radius 3 is 2.00 bits per heavy atom. The van der Waals surface area contributed by atoms with Crippen molar-refractivity contribution in [3.05, 3.63) is 0 Å². The van der Waals surface area contributed by atoms with Gasteiger partial charge >= 0.3 is 0 Å². The minimum atomic E-state index is -2.33. The molecule has 0 spiro atoms. The third-order valence-electron chi connectivity index (χ3n) is 3.33. The Balaban J connectivity index is 5.52. The third-order valence-corrected chi connectivity index (χ3v) is 6.69. The quantitative estimate of drug-likeness (QED) is 0.434. The van der Waals surface area contributed by atoms with Crippen molar-refractivity contribution in [1.29, 1.82) is 0 Å². The smallest absolute Gasteiger partial charge is 0.254 e. The number of methoxy groups -OCH3 is 1. The van der Waals surface area contributed by atoms with Gasteiger partial charge in [-0.15, -0.1) is 0 Å². The zero-order chi connectivity index (χ0) is 15.8. The molecule has 0 amide bonds. The van der Waals surface area contributed by atoms with Crippen molar-refractivity contribution in [2.75, 3.05) is 26.9 Å². The fraction of sp³-hybridized carbons (Fsp3) is 1.00. The molecule has 0 aromatic heterocycles. The first-order chi connectivity index (χ1) is 9.31. The lowest BCUT2D eigenvalue weighted by Crippen LogP contribution is -2.67. The molecule has 5 nitrogen and oxygen atoms in total. The maximum atomic E-state index is 6.13. The van der Waals surface area contributed by atoms with Crippen molar-refractivity contribution in [2.24, 2.45) is 0 Å². The molecule has 0 bridgehead atoms. The highest BCUT2D eigenvalue weighted by Crippen LogP contribution is 2.34. The van der Waals surface area contributed by atoms with Gasteiger partial charge in [-0.1, -0.05) is 0 Å². The third kappa shape index (κ3) is 4.79. The summed E-state index contributed by atoms with van der Waals surface area (Å²) >= 11 is 0. The number of hydrogen-bond acceptors (Lipinski definition) is 5. The largest absolute Gasteiger partial charge is 0.411 e. The van der Waals surface area contributed by atoms with Crippen LogP contribution in [0.1, 0.15) is 34.6 Å². The molecule has 3 unspecified atom stereocenters. The fourth-order valence-electron chi connectivity index (χ4n) is 2.38. The Morgan fingerprint density at radius 1 is 1.00 bits per heavy atom. The maximum absolute atomic E-state index is 6.13. The summed E-state index contributed by atoms with van der Waals surface area (Å²) in [5, 5.41) is 0. The molecule has 0 radical (unpaired) electrons. The van der Waals surface area contributed by atoms with E-state index in [1.807, 2.05) is 34.6 Å². The van der Waals surface area contributed by atoms with Crippen LogP contribution >= 0.6 is 0 Å². The summed E-state index contributed by atoms with van der Waals surface area (Å²) in [6, 6.07) is 0. The highest BCUT2D eigenvalue weighted by atomic mass is 28.4. The van der Waals surface area contributed by atoms with E-state index in [9.17, 15) is 0 Å². The predicted molar refractivity (Wildman–Crippen MR) is 82.1 cm³/mol. The zero-order valence-corrected chi connectivity index (χ0v) is 15.3. The molecule has 0 rings (SSSR count). The average Bonchev–Trinajstić information content (AvgIpc) is 2.37. The van der Waals surface area contributed by atoms with Crippen LogP contribution in [0.4, 0.5) is 0 Å². The Morgan fingerprint density at radius 2 is 1.60 bits per heavy atom. The maximum Gasteiger partial charge on any atom is 0.254 e. The predicted octanol–water partition coefficient (Wildman–Crippen LogP) is 2.93. The number of hydrogen-bond donors (Lipinski definition) is 0. The van der Waals surface area contributed by atoms with Gasteiger partial charge < -0.3 is 23.4 Å². The van der Waals surface area contributed by atoms with Crippen LogP contribution in [0, 0.1) is 0 Å². The molecule has 0 aliphatic carbocycles. The van der Waals surface area contributed by atoms with E-state index in [4.69, 9.17) is 23.4 Å². The molecule has 0 fully saturated rings. The van der Waals surface area contributed by atoms with Crippen molar-refractivity contribution < 1.29 is 23.4 Å². The first kappa shape index (κ1) is 20.0. The Kier molecular flexibility index (Phi) is 9.13. The molecule has 0 saturated carbocycles. The standard InChI is InChI=1S/C14H32O5Si/c1-9-16-12(4)14(17-10-2,19-13(5)15-6)20(7,8)18-11-3/h12-13H,9-11H2,1-8H3. The fourth-order valence-corrected chi connectivity index (χ4v) is 5.31. The molecule has 0 aromatic carbocycles. The molecule has 0 heterocycles. The molecule has 20 heavy (non-hydrogen) atoms. The van der Waals surface area contributed by atoms with E-state index in [2.05, 4.69) is 13.1 Å². The van der Waals surface area contributed by atoms with E-state index >= 15 is 0 Å². The first-order valence-corrected chi connectivity index (χ1v) is 10.3. The second-order valence-corrected chi connectivity index (χ2v) is 9.07. The van der Waals surface area contributed by atoms with E-state index in [0.717, 1.165) is 0 Å². The van der Waals surface area contributed by atoms with E-state index in [-0.39, 0.29) is 6.10 Å². The van der Waals surface area contributed by atoms with Crippen LogP contribution in [-0.2, 0) is 23.4 Å². The van der Waals surface area contributed by atoms with E-state index in [1.165, 1.54) is 0 Å². The average molecular weight is 308 g/mol. The van der Waals surface area contributed by atoms with Crippen molar-refractivity contribution in [3.63, 3.8) is 0 Å². The SMILES string of the molecule is CCOC(C)C(OCC)(OC(C)OC)[Si](C)(C)OCC. The van der Waals surface area contributed by atoms with Gasteiger partial charge in [0.25, 0.3) is 8.32 Å². The molecule has 0 N–H and O–H groups in total. The zero-order valence-electron chi connectivity index (χ0n) is 14.3. The molecule has 0 saturated heterocycles. The minimum Gasteiger partial charge on any atom is -0.411 e. The van der Waals surface area contributed by atoms with Crippen LogP contribution in [0.2, 0.25) is 13.1 Å². The minimum absolute atomic E-state index is 0.238. The van der Waals surface area contributed by atoms with Gasteiger partial charge in [0, 0.05) is 26.9 Å². The van der Waals surface area contributed by atoms with E-state index < -0.39 is 20.0 Å². The van der Waals surface area contributed by atoms with Gasteiger partial charge in [-0.2, -0.15) is 0 Å². The molecule has 0 aliphatic heterocycles. The van der Waals surface area contributed by atoms with Gasteiger partial charge in [0.1, 0.15) is 6.10 Å². The monoisotopic (exact) mass is 308 g/mol. The first-order valence-electron chi connectivity index (χ1n) is 7.41. The number of rotatable bonds is 11. The lowest BCUT2D eigenvalue weighted by molar-refractivity contribution is -0.301. The van der Waals surface area contributed by atoms with Crippen molar-refractivity contribution in [2.45, 2.75) is 65.5 Å². The molecular weight excluding hydrogens is 276 g/mol. The van der Waals surface area contributed by atoms with Gasteiger partial charge in [-0.25, -0.2) is 0 Å². The van der Waals surface area contributed by atoms with E-state index in [0.29, 0.717) is 19.8 Å². The summed E-state index contributed by atoms with van der Waals surface area (Å²) in [7, 11) is -0.720. The Bertz CT molecular complexity index is 262. The van der Waals surface area contributed by atoms with Crippen LogP contribution in [-0.4, -0.2) is 53.1 Å². The molecule has 6 heteroatoms. The molecule has 122 valence electrons. The van der Waals surface area contributed by atoms with Crippen LogP contribution in [0.3, 0.4) is 0 Å². The second-order valence-electron chi connectivity index (χ2n) is 5.06. The molecular formula is C14H32O5Si. The summed E-state index contributed by atoms with van der Waals surface area (Å²) in [5.41, 5.74) is -0.900. The van der Waals surface area contributed by atoms with Gasteiger partial charge in [-0.3, -0.25) is 0 Å². The Hall–Kier alpha value is 0.0169. The van der Waals surface area contributed by atoms with E-state index in [1.54, 1.807) is 7.11 Å². The van der Waals surface area contributed by atoms with Crippen LogP contribution < -0.4 is 0 Å². The molecule has 0 aliphatic rings. The molecule has 0 aromatic rings. The van der Waals surface area contributed by atoms with Crippen molar-refractivity contribution in [1.82, 2.24) is 0 Å². The summed E-state index contributed by atoms with van der Waals surface area (Å²) in [6.45, 7) is 15.6. The normalized spacial score (nSPS) is 18.6. The van der Waals surface area contributed by atoms with Crippen LogP contribution in [0.15, 0.2) is 0 Å². The second kappa shape index (κ2) is 9.12. The van der Waals surface area contributed by atoms with Crippen molar-refractivity contribution >= 4 is 8.32 Å². The van der Waals surface area contributed by atoms with Gasteiger partial charge in [0.05, 0.1) is 0 Å². The summed E-state index contributed by atoms with van der Waals surface area (Å²) in [5.74, 6) is 0. The van der Waals surface area contributed by atoms with Crippen LogP contribution in [0.5, 0.6) is 0 Å². The van der Waals surface area contributed by atoms with Gasteiger partial charge in [0.15, 0.2) is 6.29 Å². The van der Waals surface area contributed by atoms with Gasteiger partial charge in [0.2, 0.25) is 5.41 Å². The van der Waals surface area contributed by atoms with Crippen LogP contribution in [0.25, 0.3) is 0 Å². The highest BCUT2D eigenvalue weighted by molar-refractivity contribution is 6.73. The molecule has 3 atom stereocenters. The summed E-state index contributed by atoms with van der Waals surface area (Å²) in [6.07, 6.45) is -0.630. The highest BCUT2D eigenvalue weighted by Gasteiger charge is 2.56. The topological polar surface area (TPSA) is 46.2 Å². The van der Waals surface area contributed by atoms with Gasteiger partial charge in [-0.05, 0) is 47.7 Å².